The van der Waals surface area contributed by atoms with Crippen LogP contribution >= 0.6 is 11.6 Å². The van der Waals surface area contributed by atoms with Gasteiger partial charge in [0.1, 0.15) is 17.2 Å². The van der Waals surface area contributed by atoms with Crippen molar-refractivity contribution in [1.82, 2.24) is 0 Å². The fraction of sp³-hybridized carbons (Fsp3) is 0.333. The lowest BCUT2D eigenvalue weighted by Crippen LogP contribution is -2.07. The molecule has 0 atom stereocenters. The Morgan fingerprint density at radius 1 is 1.05 bits per heavy atom. The van der Waals surface area contributed by atoms with Gasteiger partial charge in [-0.2, -0.15) is 0 Å². The zero-order chi connectivity index (χ0) is 15.9. The van der Waals surface area contributed by atoms with E-state index in [0.29, 0.717) is 18.2 Å². The molecule has 0 aliphatic rings. The summed E-state index contributed by atoms with van der Waals surface area (Å²) in [4.78, 5) is 0. The van der Waals surface area contributed by atoms with Crippen molar-refractivity contribution >= 4 is 11.6 Å². The first-order chi connectivity index (χ1) is 10.6. The Kier molecular flexibility index (Phi) is 5.96. The normalized spacial score (nSPS) is 10.5. The number of rotatable bonds is 7. The van der Waals surface area contributed by atoms with Gasteiger partial charge < -0.3 is 14.6 Å². The Morgan fingerprint density at radius 3 is 2.41 bits per heavy atom. The van der Waals surface area contributed by atoms with Gasteiger partial charge in [-0.3, -0.25) is 0 Å². The molecule has 0 heterocycles. The van der Waals surface area contributed by atoms with Crippen LogP contribution in [-0.4, -0.2) is 18.3 Å². The summed E-state index contributed by atoms with van der Waals surface area (Å²) < 4.78 is 11.5. The number of phenols is 1. The van der Waals surface area contributed by atoms with E-state index in [2.05, 4.69) is 0 Å². The average molecular weight is 321 g/mol. The van der Waals surface area contributed by atoms with E-state index >= 15 is 0 Å². The van der Waals surface area contributed by atoms with E-state index in [-0.39, 0.29) is 5.75 Å². The van der Waals surface area contributed by atoms with Crippen LogP contribution in [0.4, 0.5) is 0 Å². The maximum Gasteiger partial charge on any atom is 0.125 e. The maximum absolute atomic E-state index is 9.62. The highest BCUT2D eigenvalue weighted by Crippen LogP contribution is 2.29. The molecule has 0 aromatic heterocycles. The number of ether oxygens (including phenoxy) is 2. The van der Waals surface area contributed by atoms with E-state index in [0.717, 1.165) is 35.5 Å². The first-order valence-electron chi connectivity index (χ1n) is 7.43. The Labute approximate surface area is 136 Å². The van der Waals surface area contributed by atoms with Crippen molar-refractivity contribution in [2.75, 3.05) is 13.2 Å². The molecule has 0 saturated heterocycles. The Bertz CT molecular complexity index is 608. The van der Waals surface area contributed by atoms with Crippen molar-refractivity contribution in [2.24, 2.45) is 0 Å². The zero-order valence-electron chi connectivity index (χ0n) is 12.9. The summed E-state index contributed by atoms with van der Waals surface area (Å²) in [7, 11) is 0. The van der Waals surface area contributed by atoms with Gasteiger partial charge in [-0.25, -0.2) is 0 Å². The summed E-state index contributed by atoms with van der Waals surface area (Å²) in [5.74, 6) is 1.96. The Hall–Kier alpha value is -1.87. The molecule has 2 rings (SSSR count). The maximum atomic E-state index is 9.62. The number of aryl methyl sites for hydroxylation is 2. The topological polar surface area (TPSA) is 38.7 Å². The quantitative estimate of drug-likeness (QED) is 0.747. The van der Waals surface area contributed by atoms with Gasteiger partial charge >= 0.3 is 0 Å². The van der Waals surface area contributed by atoms with Crippen LogP contribution in [0.25, 0.3) is 0 Å². The number of hydrogen-bond acceptors (Lipinski definition) is 3. The fourth-order valence-electron chi connectivity index (χ4n) is 2.25. The number of aromatic hydroxyl groups is 1. The summed E-state index contributed by atoms with van der Waals surface area (Å²) in [5, 5.41) is 10.3. The summed E-state index contributed by atoms with van der Waals surface area (Å²) >= 11 is 5.82. The summed E-state index contributed by atoms with van der Waals surface area (Å²) in [6.45, 7) is 5.15. The molecular formula is C18H21ClO3. The third-order valence-corrected chi connectivity index (χ3v) is 3.59. The highest BCUT2D eigenvalue weighted by Gasteiger charge is 2.08. The molecule has 2 aromatic carbocycles. The summed E-state index contributed by atoms with van der Waals surface area (Å²) in [6, 6.07) is 10.8. The molecule has 0 amide bonds. The smallest absolute Gasteiger partial charge is 0.125 e. The predicted molar refractivity (Wildman–Crippen MR) is 89.3 cm³/mol. The van der Waals surface area contributed by atoms with Crippen LogP contribution in [0.15, 0.2) is 36.4 Å². The second-order valence-electron chi connectivity index (χ2n) is 5.11. The molecule has 0 aliphatic carbocycles. The highest BCUT2D eigenvalue weighted by molar-refractivity contribution is 6.30. The first kappa shape index (κ1) is 16.5. The second kappa shape index (κ2) is 7.95. The van der Waals surface area contributed by atoms with E-state index in [1.165, 1.54) is 0 Å². The third-order valence-electron chi connectivity index (χ3n) is 3.33. The number of halogens is 1. The standard InChI is InChI=1S/C18H21ClO3/c1-3-14-12-16(20)11-13(2)18(14)22-10-4-9-21-17-7-5-15(19)6-8-17/h5-8,11-12,20H,3-4,9-10H2,1-2H3. The van der Waals surface area contributed by atoms with Crippen molar-refractivity contribution in [1.29, 1.82) is 0 Å². The minimum absolute atomic E-state index is 0.285. The van der Waals surface area contributed by atoms with E-state index in [1.807, 2.05) is 26.0 Å². The van der Waals surface area contributed by atoms with Crippen LogP contribution in [0.5, 0.6) is 17.2 Å². The van der Waals surface area contributed by atoms with Crippen LogP contribution in [0.2, 0.25) is 5.02 Å². The van der Waals surface area contributed by atoms with Crippen LogP contribution in [0.1, 0.15) is 24.5 Å². The number of phenolic OH excluding ortho intramolecular Hbond substituents is 1. The molecule has 118 valence electrons. The monoisotopic (exact) mass is 320 g/mol. The van der Waals surface area contributed by atoms with Crippen molar-refractivity contribution in [3.05, 3.63) is 52.5 Å². The number of hydrogen-bond donors (Lipinski definition) is 1. The third kappa shape index (κ3) is 4.57. The minimum Gasteiger partial charge on any atom is -0.508 e. The molecule has 22 heavy (non-hydrogen) atoms. The molecule has 0 aliphatic heterocycles. The van der Waals surface area contributed by atoms with Crippen molar-refractivity contribution in [2.45, 2.75) is 26.7 Å². The summed E-state index contributed by atoms with van der Waals surface area (Å²) in [6.07, 6.45) is 1.61. The lowest BCUT2D eigenvalue weighted by Gasteiger charge is -2.14. The molecule has 0 unspecified atom stereocenters. The van der Waals surface area contributed by atoms with Crippen LogP contribution in [-0.2, 0) is 6.42 Å². The molecule has 0 spiro atoms. The van der Waals surface area contributed by atoms with Crippen LogP contribution in [0, 0.1) is 6.92 Å². The molecule has 3 nitrogen and oxygen atoms in total. The van der Waals surface area contributed by atoms with Crippen molar-refractivity contribution < 1.29 is 14.6 Å². The molecule has 0 radical (unpaired) electrons. The van der Waals surface area contributed by atoms with Gasteiger partial charge in [-0.15, -0.1) is 0 Å². The SMILES string of the molecule is CCc1cc(O)cc(C)c1OCCCOc1ccc(Cl)cc1. The van der Waals surface area contributed by atoms with Crippen molar-refractivity contribution in [3.63, 3.8) is 0 Å². The minimum atomic E-state index is 0.285. The molecular weight excluding hydrogens is 300 g/mol. The largest absolute Gasteiger partial charge is 0.508 e. The van der Waals surface area contributed by atoms with Crippen molar-refractivity contribution in [3.8, 4) is 17.2 Å². The average Bonchev–Trinajstić information content (AvgIpc) is 2.50. The summed E-state index contributed by atoms with van der Waals surface area (Å²) in [5.41, 5.74) is 1.98. The molecule has 4 heteroatoms. The Morgan fingerprint density at radius 2 is 1.73 bits per heavy atom. The number of benzene rings is 2. The molecule has 0 bridgehead atoms. The van der Waals surface area contributed by atoms with Gasteiger partial charge in [0, 0.05) is 11.4 Å². The lowest BCUT2D eigenvalue weighted by molar-refractivity contribution is 0.245. The van der Waals surface area contributed by atoms with Gasteiger partial charge in [-0.1, -0.05) is 18.5 Å². The fourth-order valence-corrected chi connectivity index (χ4v) is 2.38. The van der Waals surface area contributed by atoms with Gasteiger partial charge in [0.25, 0.3) is 0 Å². The van der Waals surface area contributed by atoms with E-state index < -0.39 is 0 Å². The van der Waals surface area contributed by atoms with Gasteiger partial charge in [-0.05, 0) is 60.9 Å². The molecule has 1 N–H and O–H groups in total. The molecule has 0 saturated carbocycles. The van der Waals surface area contributed by atoms with E-state index in [1.54, 1.807) is 24.3 Å². The van der Waals surface area contributed by atoms with Gasteiger partial charge in [0.2, 0.25) is 0 Å². The van der Waals surface area contributed by atoms with E-state index in [9.17, 15) is 5.11 Å². The second-order valence-corrected chi connectivity index (χ2v) is 5.55. The Balaban J connectivity index is 1.80. The highest BCUT2D eigenvalue weighted by atomic mass is 35.5. The van der Waals surface area contributed by atoms with Crippen LogP contribution < -0.4 is 9.47 Å². The predicted octanol–water partition coefficient (Wildman–Crippen LogP) is 4.76. The van der Waals surface area contributed by atoms with Gasteiger partial charge in [0.05, 0.1) is 13.2 Å². The first-order valence-corrected chi connectivity index (χ1v) is 7.81. The zero-order valence-corrected chi connectivity index (χ0v) is 13.7. The molecule has 2 aromatic rings. The lowest BCUT2D eigenvalue weighted by atomic mass is 10.1. The molecule has 0 fully saturated rings. The van der Waals surface area contributed by atoms with Crippen LogP contribution in [0.3, 0.4) is 0 Å². The van der Waals surface area contributed by atoms with Gasteiger partial charge in [0.15, 0.2) is 0 Å². The van der Waals surface area contributed by atoms with E-state index in [4.69, 9.17) is 21.1 Å².